The van der Waals surface area contributed by atoms with Gasteiger partial charge in [0.15, 0.2) is 11.5 Å². The summed E-state index contributed by atoms with van der Waals surface area (Å²) in [6, 6.07) is 11.4. The van der Waals surface area contributed by atoms with Crippen LogP contribution >= 0.6 is 0 Å². The summed E-state index contributed by atoms with van der Waals surface area (Å²) in [5, 5.41) is 5.42. The maximum atomic E-state index is 13.5. The zero-order valence-electron chi connectivity index (χ0n) is 13.6. The molecule has 5 nitrogen and oxygen atoms in total. The summed E-state index contributed by atoms with van der Waals surface area (Å²) in [5.74, 6) is 0.260. The fourth-order valence-electron chi connectivity index (χ4n) is 2.49. The van der Waals surface area contributed by atoms with Crippen molar-refractivity contribution in [2.24, 2.45) is 0 Å². The molecule has 1 aliphatic rings. The molecule has 2 aromatic rings. The highest BCUT2D eigenvalue weighted by Gasteiger charge is 2.31. The number of hydrogen-bond acceptors (Lipinski definition) is 3. The number of carbonyl (C=O) groups is 1. The molecule has 0 aromatic heterocycles. The van der Waals surface area contributed by atoms with E-state index in [9.17, 15) is 9.18 Å². The van der Waals surface area contributed by atoms with Crippen molar-refractivity contribution in [2.75, 3.05) is 11.9 Å². The van der Waals surface area contributed by atoms with E-state index >= 15 is 0 Å². The van der Waals surface area contributed by atoms with Crippen LogP contribution in [0.5, 0.6) is 11.5 Å². The zero-order valence-corrected chi connectivity index (χ0v) is 13.6. The van der Waals surface area contributed by atoms with Crippen molar-refractivity contribution in [1.29, 1.82) is 0 Å². The van der Waals surface area contributed by atoms with E-state index in [4.69, 9.17) is 9.47 Å². The molecule has 0 unspecified atom stereocenters. The van der Waals surface area contributed by atoms with E-state index in [2.05, 4.69) is 10.6 Å². The van der Waals surface area contributed by atoms with Crippen LogP contribution in [0.3, 0.4) is 0 Å². The standard InChI is InChI=1S/C18H19FN2O3/c1-18(2)23-15-8-7-13(11-16(15)24-18)21-17(22)20-10-9-12-5-3-4-6-14(12)19/h3-8,11H,9-10H2,1-2H3,(H2,20,21,22). The molecule has 24 heavy (non-hydrogen) atoms. The molecule has 1 heterocycles. The summed E-state index contributed by atoms with van der Waals surface area (Å²) in [5.41, 5.74) is 1.17. The van der Waals surface area contributed by atoms with Gasteiger partial charge in [0, 0.05) is 32.1 Å². The summed E-state index contributed by atoms with van der Waals surface area (Å²) in [4.78, 5) is 11.9. The Morgan fingerprint density at radius 3 is 2.67 bits per heavy atom. The van der Waals surface area contributed by atoms with Gasteiger partial charge in [0.1, 0.15) is 5.82 Å². The SMILES string of the molecule is CC1(C)Oc2ccc(NC(=O)NCCc3ccccc3F)cc2O1. The van der Waals surface area contributed by atoms with Crippen LogP contribution in [0.25, 0.3) is 0 Å². The van der Waals surface area contributed by atoms with Crippen molar-refractivity contribution < 1.29 is 18.7 Å². The number of ether oxygens (including phenoxy) is 2. The summed E-state index contributed by atoms with van der Waals surface area (Å²) < 4.78 is 24.7. The average molecular weight is 330 g/mol. The largest absolute Gasteiger partial charge is 0.449 e. The van der Waals surface area contributed by atoms with Crippen LogP contribution < -0.4 is 20.1 Å². The summed E-state index contributed by atoms with van der Waals surface area (Å²) in [7, 11) is 0. The normalized spacial score (nSPS) is 14.3. The molecule has 0 spiro atoms. The minimum Gasteiger partial charge on any atom is -0.449 e. The molecular weight excluding hydrogens is 311 g/mol. The predicted molar refractivity (Wildman–Crippen MR) is 88.9 cm³/mol. The second-order valence-corrected chi connectivity index (χ2v) is 5.99. The Hall–Kier alpha value is -2.76. The van der Waals surface area contributed by atoms with E-state index in [-0.39, 0.29) is 11.8 Å². The molecule has 126 valence electrons. The highest BCUT2D eigenvalue weighted by molar-refractivity contribution is 5.89. The minimum absolute atomic E-state index is 0.266. The van der Waals surface area contributed by atoms with Gasteiger partial charge in [-0.1, -0.05) is 18.2 Å². The van der Waals surface area contributed by atoms with Gasteiger partial charge in [0.2, 0.25) is 5.79 Å². The number of amides is 2. The first-order valence-corrected chi connectivity index (χ1v) is 7.73. The molecule has 1 aliphatic heterocycles. The van der Waals surface area contributed by atoms with Crippen LogP contribution in [0, 0.1) is 5.82 Å². The topological polar surface area (TPSA) is 59.6 Å². The third-order valence-corrected chi connectivity index (χ3v) is 3.55. The smallest absolute Gasteiger partial charge is 0.319 e. The lowest BCUT2D eigenvalue weighted by Gasteiger charge is -2.16. The lowest BCUT2D eigenvalue weighted by molar-refractivity contribution is -0.0431. The summed E-state index contributed by atoms with van der Waals surface area (Å²) in [6.45, 7) is 3.97. The molecule has 0 saturated carbocycles. The van der Waals surface area contributed by atoms with Crippen molar-refractivity contribution in [2.45, 2.75) is 26.1 Å². The maximum absolute atomic E-state index is 13.5. The van der Waals surface area contributed by atoms with E-state index in [0.717, 1.165) is 0 Å². The Balaban J connectivity index is 1.52. The molecule has 2 N–H and O–H groups in total. The van der Waals surface area contributed by atoms with Crippen molar-refractivity contribution in [3.8, 4) is 11.5 Å². The zero-order chi connectivity index (χ0) is 17.2. The first kappa shape index (κ1) is 16.1. The third kappa shape index (κ3) is 3.76. The second-order valence-electron chi connectivity index (χ2n) is 5.99. The van der Waals surface area contributed by atoms with E-state index < -0.39 is 5.79 Å². The molecule has 0 radical (unpaired) electrons. The van der Waals surface area contributed by atoms with Gasteiger partial charge >= 0.3 is 6.03 Å². The van der Waals surface area contributed by atoms with Crippen molar-refractivity contribution >= 4 is 11.7 Å². The second kappa shape index (κ2) is 6.39. The monoisotopic (exact) mass is 330 g/mol. The summed E-state index contributed by atoms with van der Waals surface area (Å²) in [6.07, 6.45) is 0.426. The van der Waals surface area contributed by atoms with Crippen LogP contribution in [0.4, 0.5) is 14.9 Å². The summed E-state index contributed by atoms with van der Waals surface area (Å²) >= 11 is 0. The molecule has 0 fully saturated rings. The molecule has 2 aromatic carbocycles. The quantitative estimate of drug-likeness (QED) is 0.899. The predicted octanol–water partition coefficient (Wildman–Crippen LogP) is 3.70. The number of fused-ring (bicyclic) bond motifs is 1. The average Bonchev–Trinajstić information content (AvgIpc) is 2.82. The number of halogens is 1. The first-order valence-electron chi connectivity index (χ1n) is 7.73. The van der Waals surface area contributed by atoms with Crippen molar-refractivity contribution in [3.63, 3.8) is 0 Å². The molecule has 0 saturated heterocycles. The van der Waals surface area contributed by atoms with Gasteiger partial charge < -0.3 is 20.1 Å². The fraction of sp³-hybridized carbons (Fsp3) is 0.278. The van der Waals surface area contributed by atoms with Crippen molar-refractivity contribution in [1.82, 2.24) is 5.32 Å². The Morgan fingerprint density at radius 2 is 1.88 bits per heavy atom. The van der Waals surface area contributed by atoms with Crippen molar-refractivity contribution in [3.05, 3.63) is 53.8 Å². The Kier molecular flexibility index (Phi) is 4.29. The molecular formula is C18H19FN2O3. The minimum atomic E-state index is -0.705. The molecule has 6 heteroatoms. The maximum Gasteiger partial charge on any atom is 0.319 e. The van der Waals surface area contributed by atoms with Gasteiger partial charge in [-0.15, -0.1) is 0 Å². The van der Waals surface area contributed by atoms with Crippen LogP contribution in [0.15, 0.2) is 42.5 Å². The number of nitrogens with one attached hydrogen (secondary N) is 2. The molecule has 3 rings (SSSR count). The number of benzene rings is 2. The third-order valence-electron chi connectivity index (χ3n) is 3.55. The van der Waals surface area contributed by atoms with Crippen LogP contribution in [0.2, 0.25) is 0 Å². The molecule has 2 amide bonds. The lowest BCUT2D eigenvalue weighted by atomic mass is 10.1. The van der Waals surface area contributed by atoms with Gasteiger partial charge in [0.05, 0.1) is 0 Å². The highest BCUT2D eigenvalue weighted by atomic mass is 19.1. The Morgan fingerprint density at radius 1 is 1.12 bits per heavy atom. The number of anilines is 1. The number of hydrogen-bond donors (Lipinski definition) is 2. The van der Waals surface area contributed by atoms with E-state index in [0.29, 0.717) is 35.7 Å². The van der Waals surface area contributed by atoms with Gasteiger partial charge in [-0.05, 0) is 30.2 Å². The van der Waals surface area contributed by atoms with Crippen LogP contribution in [-0.2, 0) is 6.42 Å². The Labute approximate surface area is 139 Å². The van der Waals surface area contributed by atoms with E-state index in [1.807, 2.05) is 13.8 Å². The highest BCUT2D eigenvalue weighted by Crippen LogP contribution is 2.40. The number of urea groups is 1. The van der Waals surface area contributed by atoms with Gasteiger partial charge in [-0.3, -0.25) is 0 Å². The van der Waals surface area contributed by atoms with Gasteiger partial charge in [-0.2, -0.15) is 0 Å². The van der Waals surface area contributed by atoms with Gasteiger partial charge in [0.25, 0.3) is 0 Å². The first-order chi connectivity index (χ1) is 11.4. The number of carbonyl (C=O) groups excluding carboxylic acids is 1. The van der Waals surface area contributed by atoms with E-state index in [1.54, 1.807) is 36.4 Å². The lowest BCUT2D eigenvalue weighted by Crippen LogP contribution is -2.30. The fourth-order valence-corrected chi connectivity index (χ4v) is 2.49. The molecule has 0 bridgehead atoms. The molecule has 0 aliphatic carbocycles. The van der Waals surface area contributed by atoms with Crippen LogP contribution in [0.1, 0.15) is 19.4 Å². The van der Waals surface area contributed by atoms with Gasteiger partial charge in [-0.25, -0.2) is 9.18 Å². The van der Waals surface area contributed by atoms with E-state index in [1.165, 1.54) is 6.07 Å². The van der Waals surface area contributed by atoms with Crippen LogP contribution in [-0.4, -0.2) is 18.4 Å². The Bertz CT molecular complexity index is 762. The number of rotatable bonds is 4. The molecule has 0 atom stereocenters.